The van der Waals surface area contributed by atoms with Gasteiger partial charge >= 0.3 is 0 Å². The van der Waals surface area contributed by atoms with E-state index in [0.29, 0.717) is 17.1 Å². The zero-order chi connectivity index (χ0) is 13.0. The number of ketones is 1. The fourth-order valence-corrected chi connectivity index (χ4v) is 3.55. The van der Waals surface area contributed by atoms with Gasteiger partial charge in [-0.1, -0.05) is 45.0 Å². The third-order valence-electron chi connectivity index (χ3n) is 4.75. The second-order valence-electron chi connectivity index (χ2n) is 7.37. The molecule has 1 aromatic carbocycles. The predicted molar refractivity (Wildman–Crippen MR) is 73.8 cm³/mol. The van der Waals surface area contributed by atoms with E-state index in [4.69, 9.17) is 0 Å². The monoisotopic (exact) mass is 242 g/mol. The molecule has 1 nitrogen and oxygen atoms in total. The highest BCUT2D eigenvalue weighted by molar-refractivity contribution is 5.86. The first-order valence-electron chi connectivity index (χ1n) is 7.00. The normalized spacial score (nSPS) is 22.7. The van der Waals surface area contributed by atoms with Crippen LogP contribution in [0.1, 0.15) is 63.5 Å². The Morgan fingerprint density at radius 1 is 1.06 bits per heavy atom. The minimum absolute atomic E-state index is 0.236. The van der Waals surface area contributed by atoms with Gasteiger partial charge in [-0.05, 0) is 40.7 Å². The van der Waals surface area contributed by atoms with Gasteiger partial charge in [-0.2, -0.15) is 0 Å². The number of rotatable bonds is 1. The smallest absolute Gasteiger partial charge is 0.134 e. The molecule has 96 valence electrons. The molecule has 0 bridgehead atoms. The Balaban J connectivity index is 1.67. The van der Waals surface area contributed by atoms with Crippen molar-refractivity contribution in [2.45, 2.75) is 57.8 Å². The summed E-state index contributed by atoms with van der Waals surface area (Å²) in [5, 5.41) is 0. The van der Waals surface area contributed by atoms with Crippen molar-refractivity contribution in [1.82, 2.24) is 0 Å². The van der Waals surface area contributed by atoms with Crippen molar-refractivity contribution >= 4 is 5.78 Å². The van der Waals surface area contributed by atoms with Crippen LogP contribution in [0.4, 0.5) is 0 Å². The highest BCUT2D eigenvalue weighted by atomic mass is 16.1. The average Bonchev–Trinajstić information content (AvgIpc) is 2.20. The summed E-state index contributed by atoms with van der Waals surface area (Å²) in [5.41, 5.74) is 3.52. The first kappa shape index (κ1) is 12.0. The Morgan fingerprint density at radius 2 is 1.61 bits per heavy atom. The van der Waals surface area contributed by atoms with Gasteiger partial charge in [-0.3, -0.25) is 4.79 Å². The third kappa shape index (κ3) is 1.90. The van der Waals surface area contributed by atoms with Gasteiger partial charge in [0.1, 0.15) is 5.78 Å². The van der Waals surface area contributed by atoms with Crippen molar-refractivity contribution < 1.29 is 4.79 Å². The summed E-state index contributed by atoms with van der Waals surface area (Å²) in [6.45, 7) is 6.75. The van der Waals surface area contributed by atoms with E-state index in [2.05, 4.69) is 45.0 Å². The molecule has 18 heavy (non-hydrogen) atoms. The molecule has 0 heterocycles. The van der Waals surface area contributed by atoms with Gasteiger partial charge in [-0.25, -0.2) is 0 Å². The van der Waals surface area contributed by atoms with Gasteiger partial charge in [-0.15, -0.1) is 0 Å². The van der Waals surface area contributed by atoms with E-state index in [9.17, 15) is 4.79 Å². The molecule has 0 radical (unpaired) electrons. The minimum Gasteiger partial charge on any atom is -0.300 e. The van der Waals surface area contributed by atoms with E-state index >= 15 is 0 Å². The van der Waals surface area contributed by atoms with Crippen LogP contribution in [0.3, 0.4) is 0 Å². The summed E-state index contributed by atoms with van der Waals surface area (Å²) in [6.07, 6.45) is 4.16. The van der Waals surface area contributed by atoms with E-state index in [0.717, 1.165) is 12.8 Å². The van der Waals surface area contributed by atoms with Gasteiger partial charge in [0, 0.05) is 12.8 Å². The highest BCUT2D eigenvalue weighted by Crippen LogP contribution is 2.60. The number of benzene rings is 1. The molecule has 0 saturated heterocycles. The number of Topliss-reactive ketones (excluding diaryl/α,β-unsaturated/α-hetero) is 1. The molecule has 0 aliphatic heterocycles. The Kier molecular flexibility index (Phi) is 2.45. The van der Waals surface area contributed by atoms with E-state index in [-0.39, 0.29) is 5.41 Å². The molecule has 0 N–H and O–H groups in total. The Hall–Kier alpha value is -1.11. The molecule has 2 aliphatic rings. The number of hydrogen-bond donors (Lipinski definition) is 0. The lowest BCUT2D eigenvalue weighted by Crippen LogP contribution is -2.46. The molecule has 0 atom stereocenters. The molecule has 1 heteroatoms. The van der Waals surface area contributed by atoms with Crippen LogP contribution in [0.2, 0.25) is 0 Å². The summed E-state index contributed by atoms with van der Waals surface area (Å²) < 4.78 is 0. The molecule has 0 unspecified atom stereocenters. The van der Waals surface area contributed by atoms with Crippen LogP contribution in [0, 0.1) is 5.41 Å². The van der Waals surface area contributed by atoms with Crippen LogP contribution >= 0.6 is 0 Å². The minimum atomic E-state index is 0.236. The summed E-state index contributed by atoms with van der Waals surface area (Å²) in [4.78, 5) is 11.1. The van der Waals surface area contributed by atoms with Gasteiger partial charge in [0.05, 0.1) is 0 Å². The van der Waals surface area contributed by atoms with Crippen LogP contribution in [-0.4, -0.2) is 5.78 Å². The van der Waals surface area contributed by atoms with Gasteiger partial charge in [0.2, 0.25) is 0 Å². The molecule has 1 aromatic rings. The van der Waals surface area contributed by atoms with Gasteiger partial charge in [0.25, 0.3) is 0 Å². The second kappa shape index (κ2) is 3.69. The average molecular weight is 242 g/mol. The van der Waals surface area contributed by atoms with Crippen molar-refractivity contribution in [3.8, 4) is 0 Å². The maximum atomic E-state index is 11.1. The van der Waals surface area contributed by atoms with Crippen LogP contribution < -0.4 is 0 Å². The summed E-state index contributed by atoms with van der Waals surface area (Å²) in [5.74, 6) is 1.17. The maximum Gasteiger partial charge on any atom is 0.134 e. The van der Waals surface area contributed by atoms with Crippen molar-refractivity contribution in [3.05, 3.63) is 35.4 Å². The fraction of sp³-hybridized carbons (Fsp3) is 0.588. The zero-order valence-corrected chi connectivity index (χ0v) is 11.6. The molecular formula is C17H22O. The third-order valence-corrected chi connectivity index (χ3v) is 4.75. The molecule has 2 fully saturated rings. The van der Waals surface area contributed by atoms with Crippen LogP contribution in [0.5, 0.6) is 0 Å². The summed E-state index contributed by atoms with van der Waals surface area (Å²) in [7, 11) is 0. The van der Waals surface area contributed by atoms with Crippen molar-refractivity contribution in [3.63, 3.8) is 0 Å². The molecule has 2 aliphatic carbocycles. The van der Waals surface area contributed by atoms with Crippen LogP contribution in [-0.2, 0) is 10.2 Å². The predicted octanol–water partition coefficient (Wildman–Crippen LogP) is 4.21. The Morgan fingerprint density at radius 3 is 2.06 bits per heavy atom. The van der Waals surface area contributed by atoms with Gasteiger partial charge in [0.15, 0.2) is 0 Å². The Bertz CT molecular complexity index is 459. The van der Waals surface area contributed by atoms with E-state index in [1.165, 1.54) is 24.0 Å². The SMILES string of the molecule is CC(C)(C)c1ccc(C2CC3(CC(=O)C3)C2)cc1. The van der Waals surface area contributed by atoms with E-state index in [1.54, 1.807) is 0 Å². The lowest BCUT2D eigenvalue weighted by atomic mass is 9.50. The van der Waals surface area contributed by atoms with Crippen molar-refractivity contribution in [2.24, 2.45) is 5.41 Å². The largest absolute Gasteiger partial charge is 0.300 e. The summed E-state index contributed by atoms with van der Waals surface area (Å²) >= 11 is 0. The molecule has 2 saturated carbocycles. The molecule has 1 spiro atoms. The molecule has 0 aromatic heterocycles. The van der Waals surface area contributed by atoms with Crippen molar-refractivity contribution in [2.75, 3.05) is 0 Å². The zero-order valence-electron chi connectivity index (χ0n) is 11.6. The summed E-state index contributed by atoms with van der Waals surface area (Å²) in [6, 6.07) is 9.12. The Labute approximate surface area is 110 Å². The molecular weight excluding hydrogens is 220 g/mol. The van der Waals surface area contributed by atoms with E-state index in [1.807, 2.05) is 0 Å². The van der Waals surface area contributed by atoms with Crippen LogP contribution in [0.25, 0.3) is 0 Å². The lowest BCUT2D eigenvalue weighted by molar-refractivity contribution is -0.139. The quantitative estimate of drug-likeness (QED) is 0.721. The van der Waals surface area contributed by atoms with Crippen LogP contribution in [0.15, 0.2) is 24.3 Å². The maximum absolute atomic E-state index is 11.1. The first-order valence-corrected chi connectivity index (χ1v) is 7.00. The van der Waals surface area contributed by atoms with Gasteiger partial charge < -0.3 is 0 Å². The first-order chi connectivity index (χ1) is 8.38. The highest BCUT2D eigenvalue weighted by Gasteiger charge is 2.52. The molecule has 0 amide bonds. The standard InChI is InChI=1S/C17H22O/c1-16(2,3)14-6-4-12(5-7-14)13-8-17(9-13)10-15(18)11-17/h4-7,13H,8-11H2,1-3H3. The van der Waals surface area contributed by atoms with E-state index < -0.39 is 0 Å². The number of carbonyl (C=O) groups is 1. The second-order valence-corrected chi connectivity index (χ2v) is 7.37. The number of carbonyl (C=O) groups excluding carboxylic acids is 1. The van der Waals surface area contributed by atoms with Crippen molar-refractivity contribution in [1.29, 1.82) is 0 Å². The number of hydrogen-bond acceptors (Lipinski definition) is 1. The topological polar surface area (TPSA) is 17.1 Å². The fourth-order valence-electron chi connectivity index (χ4n) is 3.55. The lowest BCUT2D eigenvalue weighted by Gasteiger charge is -2.53. The molecule has 3 rings (SSSR count).